The Kier molecular flexibility index (Phi) is 5.57. The van der Waals surface area contributed by atoms with Crippen molar-refractivity contribution in [1.29, 1.82) is 0 Å². The van der Waals surface area contributed by atoms with E-state index in [1.807, 2.05) is 0 Å². The molecular weight excluding hydrogens is 224 g/mol. The van der Waals surface area contributed by atoms with Crippen LogP contribution in [0.25, 0.3) is 5.53 Å². The Morgan fingerprint density at radius 1 is 1.38 bits per heavy atom. The summed E-state index contributed by atoms with van der Waals surface area (Å²) in [7, 11) is -1.77. The van der Waals surface area contributed by atoms with E-state index >= 15 is 0 Å². The average molecular weight is 244 g/mol. The second-order valence-corrected chi connectivity index (χ2v) is 9.83. The summed E-state index contributed by atoms with van der Waals surface area (Å²) < 4.78 is 10.5. The molecule has 0 heterocycles. The van der Waals surface area contributed by atoms with Crippen molar-refractivity contribution in [3.8, 4) is 0 Å². The van der Waals surface area contributed by atoms with Crippen LogP contribution in [0.1, 0.15) is 20.8 Å². The third kappa shape index (κ3) is 5.20. The summed E-state index contributed by atoms with van der Waals surface area (Å²) in [6.45, 7) is 11.2. The van der Waals surface area contributed by atoms with Crippen LogP contribution < -0.4 is 0 Å². The molecule has 0 aliphatic heterocycles. The van der Waals surface area contributed by atoms with Crippen LogP contribution >= 0.6 is 0 Å². The molecule has 0 spiro atoms. The molecule has 0 aliphatic rings. The van der Waals surface area contributed by atoms with Gasteiger partial charge in [-0.25, -0.2) is 4.79 Å². The van der Waals surface area contributed by atoms with Gasteiger partial charge in [0.2, 0.25) is 0 Å². The SMILES string of the molecule is CC(C)(C)[Si](C)(C)OCCOC(=O)C=[N+]=[N-]. The summed E-state index contributed by atoms with van der Waals surface area (Å²) >= 11 is 0. The summed E-state index contributed by atoms with van der Waals surface area (Å²) in [4.78, 5) is 13.4. The number of nitrogens with zero attached hydrogens (tertiary/aromatic N) is 2. The zero-order valence-corrected chi connectivity index (χ0v) is 11.6. The molecule has 0 rings (SSSR count). The summed E-state index contributed by atoms with van der Waals surface area (Å²) in [6.07, 6.45) is 0.715. The quantitative estimate of drug-likeness (QED) is 0.185. The van der Waals surface area contributed by atoms with Gasteiger partial charge in [0, 0.05) is 0 Å². The molecule has 0 N–H and O–H groups in total. The van der Waals surface area contributed by atoms with E-state index in [0.717, 1.165) is 0 Å². The average Bonchev–Trinajstić information content (AvgIpc) is 2.11. The Bertz CT molecular complexity index is 291. The molecule has 16 heavy (non-hydrogen) atoms. The maximum atomic E-state index is 10.8. The molecule has 0 atom stereocenters. The second kappa shape index (κ2) is 5.93. The molecule has 0 aromatic carbocycles. The van der Waals surface area contributed by atoms with Crippen LogP contribution in [-0.2, 0) is 14.0 Å². The van der Waals surface area contributed by atoms with Gasteiger partial charge in [-0.1, -0.05) is 20.8 Å². The van der Waals surface area contributed by atoms with Crippen LogP contribution in [-0.4, -0.2) is 38.5 Å². The monoisotopic (exact) mass is 244 g/mol. The summed E-state index contributed by atoms with van der Waals surface area (Å²) in [5.41, 5.74) is 8.07. The van der Waals surface area contributed by atoms with Gasteiger partial charge in [0.05, 0.1) is 6.61 Å². The third-order valence-electron chi connectivity index (χ3n) is 2.76. The van der Waals surface area contributed by atoms with Crippen LogP contribution in [0, 0.1) is 0 Å². The van der Waals surface area contributed by atoms with Crippen molar-refractivity contribution in [3.63, 3.8) is 0 Å². The smallest absolute Gasteiger partial charge is 0.413 e. The van der Waals surface area contributed by atoms with Crippen LogP contribution in [0.5, 0.6) is 0 Å². The predicted molar refractivity (Wildman–Crippen MR) is 63.8 cm³/mol. The fourth-order valence-corrected chi connectivity index (χ4v) is 1.77. The lowest BCUT2D eigenvalue weighted by Crippen LogP contribution is -2.41. The number of hydrogen-bond acceptors (Lipinski definition) is 3. The topological polar surface area (TPSA) is 71.9 Å². The lowest BCUT2D eigenvalue weighted by Gasteiger charge is -2.35. The van der Waals surface area contributed by atoms with Gasteiger partial charge in [0.15, 0.2) is 8.32 Å². The van der Waals surface area contributed by atoms with Crippen molar-refractivity contribution in [2.45, 2.75) is 38.9 Å². The number of ether oxygens (including phenoxy) is 1. The molecule has 0 amide bonds. The third-order valence-corrected chi connectivity index (χ3v) is 7.30. The van der Waals surface area contributed by atoms with Crippen LogP contribution in [0.4, 0.5) is 0 Å². The Labute approximate surface area is 97.5 Å². The zero-order chi connectivity index (χ0) is 12.8. The van der Waals surface area contributed by atoms with Gasteiger partial charge < -0.3 is 14.7 Å². The molecule has 0 saturated heterocycles. The van der Waals surface area contributed by atoms with Gasteiger partial charge in [0.1, 0.15) is 6.61 Å². The van der Waals surface area contributed by atoms with E-state index in [-0.39, 0.29) is 11.6 Å². The summed E-state index contributed by atoms with van der Waals surface area (Å²) in [5.74, 6) is -0.665. The van der Waals surface area contributed by atoms with Crippen molar-refractivity contribution in [1.82, 2.24) is 0 Å². The molecule has 92 valence electrons. The first-order valence-electron chi connectivity index (χ1n) is 5.19. The van der Waals surface area contributed by atoms with Crippen molar-refractivity contribution in [2.24, 2.45) is 0 Å². The molecule has 0 fully saturated rings. The molecule has 0 unspecified atom stereocenters. The normalized spacial score (nSPS) is 11.8. The number of esters is 1. The highest BCUT2D eigenvalue weighted by Gasteiger charge is 2.36. The molecule has 0 aromatic heterocycles. The van der Waals surface area contributed by atoms with Crippen molar-refractivity contribution in [3.05, 3.63) is 5.53 Å². The first-order chi connectivity index (χ1) is 7.20. The van der Waals surface area contributed by atoms with Gasteiger partial charge in [-0.05, 0) is 18.1 Å². The van der Waals surface area contributed by atoms with Gasteiger partial charge in [-0.2, -0.15) is 4.79 Å². The predicted octanol–water partition coefficient (Wildman–Crippen LogP) is 1.85. The molecule has 0 aromatic rings. The molecule has 0 bridgehead atoms. The van der Waals surface area contributed by atoms with Crippen LogP contribution in [0.3, 0.4) is 0 Å². The minimum absolute atomic E-state index is 0.142. The summed E-state index contributed by atoms with van der Waals surface area (Å²) in [5, 5.41) is 0.142. The largest absolute Gasteiger partial charge is 0.455 e. The van der Waals surface area contributed by atoms with Crippen molar-refractivity contribution < 1.29 is 18.7 Å². The van der Waals surface area contributed by atoms with E-state index in [1.165, 1.54) is 0 Å². The maximum Gasteiger partial charge on any atom is 0.413 e. The van der Waals surface area contributed by atoms with Crippen molar-refractivity contribution in [2.75, 3.05) is 13.2 Å². The second-order valence-electron chi connectivity index (χ2n) is 5.02. The Morgan fingerprint density at radius 3 is 2.38 bits per heavy atom. The number of carbonyl (C=O) groups excluding carboxylic acids is 1. The number of hydrogen-bond donors (Lipinski definition) is 0. The highest BCUT2D eigenvalue weighted by molar-refractivity contribution is 6.74. The van der Waals surface area contributed by atoms with Gasteiger partial charge >= 0.3 is 12.2 Å². The van der Waals surface area contributed by atoms with Gasteiger partial charge in [-0.15, -0.1) is 0 Å². The van der Waals surface area contributed by atoms with E-state index < -0.39 is 14.3 Å². The first kappa shape index (κ1) is 15.0. The molecule has 0 aliphatic carbocycles. The van der Waals surface area contributed by atoms with Crippen LogP contribution in [0.2, 0.25) is 18.1 Å². The number of carbonyl (C=O) groups is 1. The fraction of sp³-hybridized carbons (Fsp3) is 0.800. The Balaban J connectivity index is 3.91. The van der Waals surface area contributed by atoms with E-state index in [9.17, 15) is 4.79 Å². The lowest BCUT2D eigenvalue weighted by atomic mass is 10.2. The Hall–Kier alpha value is -0.973. The molecule has 0 saturated carbocycles. The lowest BCUT2D eigenvalue weighted by molar-refractivity contribution is -0.139. The van der Waals surface area contributed by atoms with E-state index in [2.05, 4.69) is 38.7 Å². The zero-order valence-electron chi connectivity index (χ0n) is 10.6. The molecule has 5 nitrogen and oxygen atoms in total. The molecule has 6 heteroatoms. The molecular formula is C10H20N2O3Si. The maximum absolute atomic E-state index is 10.8. The van der Waals surface area contributed by atoms with E-state index in [0.29, 0.717) is 12.8 Å². The Morgan fingerprint density at radius 2 is 1.94 bits per heavy atom. The minimum Gasteiger partial charge on any atom is -0.455 e. The number of rotatable bonds is 5. The first-order valence-corrected chi connectivity index (χ1v) is 8.09. The standard InChI is InChI=1S/C10H20N2O3Si/c1-10(2,3)16(4,5)15-7-6-14-9(13)8-12-11/h8H,6-7H2,1-5H3. The molecule has 0 radical (unpaired) electrons. The minimum atomic E-state index is -1.77. The van der Waals surface area contributed by atoms with E-state index in [1.54, 1.807) is 0 Å². The van der Waals surface area contributed by atoms with Crippen molar-refractivity contribution >= 4 is 20.5 Å². The fourth-order valence-electron chi connectivity index (χ4n) is 0.740. The van der Waals surface area contributed by atoms with Gasteiger partial charge in [0.25, 0.3) is 0 Å². The highest BCUT2D eigenvalue weighted by Crippen LogP contribution is 2.36. The van der Waals surface area contributed by atoms with Crippen LogP contribution in [0.15, 0.2) is 0 Å². The van der Waals surface area contributed by atoms with Gasteiger partial charge in [-0.3, -0.25) is 0 Å². The highest BCUT2D eigenvalue weighted by atomic mass is 28.4. The summed E-state index contributed by atoms with van der Waals surface area (Å²) in [6, 6.07) is 0. The van der Waals surface area contributed by atoms with E-state index in [4.69, 9.17) is 14.7 Å².